The summed E-state index contributed by atoms with van der Waals surface area (Å²) in [4.78, 5) is 44.8. The third kappa shape index (κ3) is 5.80. The molecule has 0 aliphatic carbocycles. The maximum atomic E-state index is 13.2. The molecule has 1 aliphatic heterocycles. The highest BCUT2D eigenvalue weighted by Gasteiger charge is 2.51. The molecule has 3 aromatic rings. The van der Waals surface area contributed by atoms with Crippen molar-refractivity contribution in [3.8, 4) is 11.5 Å². The zero-order chi connectivity index (χ0) is 26.8. The molecule has 9 nitrogen and oxygen atoms in total. The molecule has 0 bridgehead atoms. The second-order valence-corrected chi connectivity index (χ2v) is 8.49. The number of halogens is 3. The van der Waals surface area contributed by atoms with E-state index in [2.05, 4.69) is 15.0 Å². The van der Waals surface area contributed by atoms with Gasteiger partial charge in [0.05, 0.1) is 5.69 Å². The Labute approximate surface area is 209 Å². The van der Waals surface area contributed by atoms with Crippen LogP contribution in [0.3, 0.4) is 0 Å². The van der Waals surface area contributed by atoms with Crippen LogP contribution < -0.4 is 19.7 Å². The minimum Gasteiger partial charge on any atom is -0.410 e. The quantitative estimate of drug-likeness (QED) is 0.446. The number of aromatic nitrogens is 1. The van der Waals surface area contributed by atoms with Crippen LogP contribution in [-0.2, 0) is 11.3 Å². The molecule has 1 aliphatic rings. The number of para-hydroxylation sites is 1. The molecule has 2 heterocycles. The molecule has 12 heteroatoms. The van der Waals surface area contributed by atoms with Gasteiger partial charge in [-0.25, -0.2) is 19.5 Å². The first kappa shape index (κ1) is 25.5. The monoisotopic (exact) mass is 514 g/mol. The molecule has 0 unspecified atom stereocenters. The lowest BCUT2D eigenvalue weighted by molar-refractivity contribution is -0.274. The van der Waals surface area contributed by atoms with Crippen LogP contribution in [0.15, 0.2) is 72.9 Å². The SMILES string of the molecule is CC1(C)C(=O)N(c2ccc(OC(F)(F)F)cc2)C(=O)N1Cc1ccnc(NC(=O)Oc2ccccc2)c1. The second-order valence-electron chi connectivity index (χ2n) is 8.49. The number of nitrogens with zero attached hydrogens (tertiary/aromatic N) is 3. The number of ether oxygens (including phenoxy) is 2. The lowest BCUT2D eigenvalue weighted by atomic mass is 10.0. The highest BCUT2D eigenvalue weighted by Crippen LogP contribution is 2.34. The number of hydrogen-bond acceptors (Lipinski definition) is 6. The van der Waals surface area contributed by atoms with Crippen LogP contribution in [0.4, 0.5) is 34.3 Å². The van der Waals surface area contributed by atoms with E-state index in [1.165, 1.54) is 29.3 Å². The summed E-state index contributed by atoms with van der Waals surface area (Å²) >= 11 is 0. The molecular formula is C25H21F3N4O5. The van der Waals surface area contributed by atoms with Gasteiger partial charge in [0.2, 0.25) is 0 Å². The normalized spacial score (nSPS) is 15.1. The van der Waals surface area contributed by atoms with Crippen molar-refractivity contribution in [2.45, 2.75) is 32.3 Å². The van der Waals surface area contributed by atoms with E-state index in [0.29, 0.717) is 11.3 Å². The highest BCUT2D eigenvalue weighted by atomic mass is 19.4. The fraction of sp³-hybridized carbons (Fsp3) is 0.200. The van der Waals surface area contributed by atoms with Crippen molar-refractivity contribution in [2.75, 3.05) is 10.2 Å². The predicted molar refractivity (Wildman–Crippen MR) is 126 cm³/mol. The van der Waals surface area contributed by atoms with Crippen molar-refractivity contribution in [1.82, 2.24) is 9.88 Å². The highest BCUT2D eigenvalue weighted by molar-refractivity contribution is 6.22. The standard InChI is InChI=1S/C25H21F3N4O5/c1-24(2)21(33)32(17-8-10-19(11-9-17)37-25(26,27)28)23(35)31(24)15-16-12-13-29-20(14-16)30-22(34)36-18-6-4-3-5-7-18/h3-14H,15H2,1-2H3,(H,29,30,34). The van der Waals surface area contributed by atoms with E-state index in [1.54, 1.807) is 50.2 Å². The first-order chi connectivity index (χ1) is 17.4. The molecule has 1 saturated heterocycles. The van der Waals surface area contributed by atoms with E-state index in [4.69, 9.17) is 4.74 Å². The second kappa shape index (κ2) is 9.80. The van der Waals surface area contributed by atoms with Crippen LogP contribution in [0.2, 0.25) is 0 Å². The number of carbonyl (C=O) groups is 3. The third-order valence-corrected chi connectivity index (χ3v) is 5.50. The Kier molecular flexibility index (Phi) is 6.75. The number of pyridine rings is 1. The largest absolute Gasteiger partial charge is 0.573 e. The van der Waals surface area contributed by atoms with Crippen molar-refractivity contribution in [1.29, 1.82) is 0 Å². The summed E-state index contributed by atoms with van der Waals surface area (Å²) < 4.78 is 46.3. The van der Waals surface area contributed by atoms with Gasteiger partial charge >= 0.3 is 18.5 Å². The van der Waals surface area contributed by atoms with Gasteiger partial charge in [-0.2, -0.15) is 0 Å². The van der Waals surface area contributed by atoms with Crippen molar-refractivity contribution in [3.05, 3.63) is 78.5 Å². The fourth-order valence-electron chi connectivity index (χ4n) is 3.67. The summed E-state index contributed by atoms with van der Waals surface area (Å²) in [5.74, 6) is -0.515. The number of nitrogens with one attached hydrogen (secondary N) is 1. The molecule has 0 radical (unpaired) electrons. The zero-order valence-electron chi connectivity index (χ0n) is 19.7. The number of alkyl halides is 3. The first-order valence-corrected chi connectivity index (χ1v) is 10.9. The third-order valence-electron chi connectivity index (χ3n) is 5.50. The molecule has 4 amide bonds. The molecule has 2 aromatic carbocycles. The van der Waals surface area contributed by atoms with Gasteiger partial charge in [0.1, 0.15) is 22.9 Å². The van der Waals surface area contributed by atoms with Gasteiger partial charge in [-0.1, -0.05) is 18.2 Å². The summed E-state index contributed by atoms with van der Waals surface area (Å²) in [6.07, 6.45) is -4.19. The summed E-state index contributed by atoms with van der Waals surface area (Å²) in [7, 11) is 0. The number of rotatable bonds is 6. The Hall–Kier alpha value is -4.61. The van der Waals surface area contributed by atoms with Gasteiger partial charge in [-0.15, -0.1) is 13.2 Å². The molecule has 0 spiro atoms. The number of anilines is 2. The van der Waals surface area contributed by atoms with E-state index in [9.17, 15) is 27.6 Å². The van der Waals surface area contributed by atoms with E-state index in [1.807, 2.05) is 0 Å². The van der Waals surface area contributed by atoms with Crippen LogP contribution >= 0.6 is 0 Å². The van der Waals surface area contributed by atoms with Crippen molar-refractivity contribution in [3.63, 3.8) is 0 Å². The van der Waals surface area contributed by atoms with Crippen LogP contribution in [0, 0.1) is 0 Å². The lowest BCUT2D eigenvalue weighted by Gasteiger charge is -2.27. The number of urea groups is 1. The Bertz CT molecular complexity index is 1310. The summed E-state index contributed by atoms with van der Waals surface area (Å²) in [5, 5.41) is 2.51. The average Bonchev–Trinajstić information content (AvgIpc) is 2.99. The molecule has 4 rings (SSSR count). The van der Waals surface area contributed by atoms with Crippen LogP contribution in [0.25, 0.3) is 0 Å². The van der Waals surface area contributed by atoms with Gasteiger partial charge in [0.15, 0.2) is 0 Å². The van der Waals surface area contributed by atoms with E-state index < -0.39 is 35.7 Å². The first-order valence-electron chi connectivity index (χ1n) is 10.9. The van der Waals surface area contributed by atoms with E-state index in [0.717, 1.165) is 17.0 Å². The number of carbonyl (C=O) groups excluding carboxylic acids is 3. The summed E-state index contributed by atoms with van der Waals surface area (Å²) in [5.41, 5.74) is -0.600. The minimum atomic E-state index is -4.86. The topological polar surface area (TPSA) is 101 Å². The minimum absolute atomic E-state index is 0.00568. The molecule has 0 atom stereocenters. The van der Waals surface area contributed by atoms with Gasteiger partial charge in [0, 0.05) is 12.7 Å². The van der Waals surface area contributed by atoms with Crippen molar-refractivity contribution < 1.29 is 37.0 Å². The van der Waals surface area contributed by atoms with Gasteiger partial charge < -0.3 is 14.4 Å². The average molecular weight is 514 g/mol. The van der Waals surface area contributed by atoms with E-state index in [-0.39, 0.29) is 18.1 Å². The number of imide groups is 1. The Morgan fingerprint density at radius 1 is 1.00 bits per heavy atom. The fourth-order valence-corrected chi connectivity index (χ4v) is 3.67. The molecule has 37 heavy (non-hydrogen) atoms. The van der Waals surface area contributed by atoms with Gasteiger partial charge in [0.25, 0.3) is 5.91 Å². The zero-order valence-corrected chi connectivity index (χ0v) is 19.7. The molecule has 1 aromatic heterocycles. The van der Waals surface area contributed by atoms with Gasteiger partial charge in [-0.05, 0) is 67.9 Å². The molecule has 1 fully saturated rings. The smallest absolute Gasteiger partial charge is 0.410 e. The van der Waals surface area contributed by atoms with Crippen molar-refractivity contribution >= 4 is 29.5 Å². The van der Waals surface area contributed by atoms with Crippen LogP contribution in [0.5, 0.6) is 11.5 Å². The molecule has 192 valence electrons. The van der Waals surface area contributed by atoms with Crippen LogP contribution in [-0.4, -0.2) is 39.8 Å². The Balaban J connectivity index is 1.48. The van der Waals surface area contributed by atoms with Crippen molar-refractivity contribution in [2.24, 2.45) is 0 Å². The number of benzene rings is 2. The van der Waals surface area contributed by atoms with Crippen LogP contribution in [0.1, 0.15) is 19.4 Å². The summed E-state index contributed by atoms with van der Waals surface area (Å²) in [6.45, 7) is 3.12. The lowest BCUT2D eigenvalue weighted by Crippen LogP contribution is -2.43. The number of hydrogen-bond donors (Lipinski definition) is 1. The maximum Gasteiger partial charge on any atom is 0.573 e. The Morgan fingerprint density at radius 2 is 1.68 bits per heavy atom. The molecule has 1 N–H and O–H groups in total. The van der Waals surface area contributed by atoms with E-state index >= 15 is 0 Å². The predicted octanol–water partition coefficient (Wildman–Crippen LogP) is 5.34. The molecular weight excluding hydrogens is 493 g/mol. The Morgan fingerprint density at radius 3 is 2.32 bits per heavy atom. The molecule has 0 saturated carbocycles. The van der Waals surface area contributed by atoms with Gasteiger partial charge in [-0.3, -0.25) is 10.1 Å². The summed E-state index contributed by atoms with van der Waals surface area (Å²) in [6, 6.07) is 15.4. The maximum absolute atomic E-state index is 13.2. The number of amides is 4.